The molecule has 9 nitrogen and oxygen atoms in total. The van der Waals surface area contributed by atoms with Crippen LogP contribution in [0.1, 0.15) is 33.6 Å². The first-order valence-corrected chi connectivity index (χ1v) is 14.0. The minimum absolute atomic E-state index is 0.142. The molecule has 1 fully saturated rings. The molecule has 2 heterocycles. The molecule has 0 radical (unpaired) electrons. The van der Waals surface area contributed by atoms with Gasteiger partial charge in [0.05, 0.1) is 43.2 Å². The van der Waals surface area contributed by atoms with Crippen LogP contribution in [0.3, 0.4) is 0 Å². The summed E-state index contributed by atoms with van der Waals surface area (Å²) in [6, 6.07) is 10.4. The summed E-state index contributed by atoms with van der Waals surface area (Å²) in [5.74, 6) is 2.37. The lowest BCUT2D eigenvalue weighted by Gasteiger charge is -2.26. The van der Waals surface area contributed by atoms with Crippen molar-refractivity contribution in [3.63, 3.8) is 0 Å². The van der Waals surface area contributed by atoms with Gasteiger partial charge >= 0.3 is 6.03 Å². The van der Waals surface area contributed by atoms with Gasteiger partial charge in [-0.1, -0.05) is 32.4 Å². The predicted molar refractivity (Wildman–Crippen MR) is 158 cm³/mol. The summed E-state index contributed by atoms with van der Waals surface area (Å²) in [6.45, 7) is 12.0. The van der Waals surface area contributed by atoms with Gasteiger partial charge in [-0.25, -0.2) is 4.79 Å². The van der Waals surface area contributed by atoms with E-state index >= 15 is 0 Å². The van der Waals surface area contributed by atoms with Gasteiger partial charge < -0.3 is 29.6 Å². The second kappa shape index (κ2) is 13.9. The number of urea groups is 1. The number of nitrogens with zero attached hydrogens (tertiary/aromatic N) is 2. The number of methoxy groups -OCH3 is 1. The van der Waals surface area contributed by atoms with E-state index in [1.165, 1.54) is 0 Å². The molecule has 0 saturated carbocycles. The van der Waals surface area contributed by atoms with Crippen molar-refractivity contribution in [3.05, 3.63) is 47.6 Å². The fraction of sp³-hybridized carbons (Fsp3) is 0.467. The van der Waals surface area contributed by atoms with Crippen LogP contribution in [0.5, 0.6) is 23.0 Å². The van der Waals surface area contributed by atoms with Crippen LogP contribution in [-0.4, -0.2) is 69.0 Å². The van der Waals surface area contributed by atoms with Gasteiger partial charge in [0.25, 0.3) is 0 Å². The lowest BCUT2D eigenvalue weighted by molar-refractivity contribution is 0.0357. The van der Waals surface area contributed by atoms with Crippen LogP contribution in [-0.2, 0) is 4.74 Å². The maximum atomic E-state index is 12.3. The first kappa shape index (κ1) is 29.7. The molecule has 40 heavy (non-hydrogen) atoms. The van der Waals surface area contributed by atoms with E-state index in [4.69, 9.17) is 30.5 Å². The van der Waals surface area contributed by atoms with Gasteiger partial charge in [0.2, 0.25) is 0 Å². The Balaban J connectivity index is 1.39. The van der Waals surface area contributed by atoms with Crippen molar-refractivity contribution in [2.45, 2.75) is 33.6 Å². The number of fused-ring (bicyclic) bond motifs is 1. The van der Waals surface area contributed by atoms with Crippen molar-refractivity contribution in [1.82, 2.24) is 15.2 Å². The third-order valence-electron chi connectivity index (χ3n) is 6.54. The van der Waals surface area contributed by atoms with Gasteiger partial charge in [0, 0.05) is 49.9 Å². The zero-order valence-electron chi connectivity index (χ0n) is 23.7. The molecular weight excluding hydrogens is 532 g/mol. The molecule has 2 N–H and O–H groups in total. The molecule has 1 aromatic heterocycles. The van der Waals surface area contributed by atoms with Crippen LogP contribution in [0.2, 0.25) is 5.02 Å². The Bertz CT molecular complexity index is 1290. The Kier molecular flexibility index (Phi) is 10.3. The van der Waals surface area contributed by atoms with E-state index in [0.717, 1.165) is 56.6 Å². The van der Waals surface area contributed by atoms with Crippen LogP contribution >= 0.6 is 11.6 Å². The first-order chi connectivity index (χ1) is 19.2. The summed E-state index contributed by atoms with van der Waals surface area (Å²) in [6.07, 6.45) is 3.46. The Hall–Kier alpha value is -3.27. The topological polar surface area (TPSA) is 94.2 Å². The Morgan fingerprint density at radius 2 is 1.90 bits per heavy atom. The van der Waals surface area contributed by atoms with E-state index in [1.54, 1.807) is 37.6 Å². The van der Waals surface area contributed by atoms with Crippen molar-refractivity contribution in [3.8, 4) is 23.0 Å². The van der Waals surface area contributed by atoms with Gasteiger partial charge in [-0.3, -0.25) is 9.88 Å². The average molecular weight is 571 g/mol. The molecule has 2 amide bonds. The highest BCUT2D eigenvalue weighted by Crippen LogP contribution is 2.38. The molecule has 0 aliphatic carbocycles. The lowest BCUT2D eigenvalue weighted by atomic mass is 9.92. The molecular formula is C30H39ClN4O5. The normalized spacial score (nSPS) is 14.1. The molecule has 0 bridgehead atoms. The van der Waals surface area contributed by atoms with Crippen molar-refractivity contribution in [1.29, 1.82) is 0 Å². The summed E-state index contributed by atoms with van der Waals surface area (Å²) >= 11 is 6.46. The number of morpholine rings is 1. The zero-order chi connectivity index (χ0) is 28.5. The Morgan fingerprint density at radius 1 is 1.10 bits per heavy atom. The smallest absolute Gasteiger partial charge is 0.319 e. The number of halogens is 1. The number of pyridine rings is 1. The summed E-state index contributed by atoms with van der Waals surface area (Å²) in [4.78, 5) is 19.2. The van der Waals surface area contributed by atoms with Gasteiger partial charge in [-0.15, -0.1) is 0 Å². The van der Waals surface area contributed by atoms with Crippen LogP contribution in [0.4, 0.5) is 10.5 Å². The molecule has 2 aromatic carbocycles. The third kappa shape index (κ3) is 8.61. The first-order valence-electron chi connectivity index (χ1n) is 13.6. The van der Waals surface area contributed by atoms with E-state index in [2.05, 4.69) is 41.3 Å². The number of nitrogens with one attached hydrogen (secondary N) is 2. The zero-order valence-corrected chi connectivity index (χ0v) is 24.5. The lowest BCUT2D eigenvalue weighted by Crippen LogP contribution is -2.37. The Morgan fingerprint density at radius 3 is 2.62 bits per heavy atom. The number of hydrogen-bond acceptors (Lipinski definition) is 7. The number of rotatable bonds is 11. The fourth-order valence-electron chi connectivity index (χ4n) is 4.29. The van der Waals surface area contributed by atoms with E-state index in [9.17, 15) is 4.79 Å². The predicted octanol–water partition coefficient (Wildman–Crippen LogP) is 6.35. The van der Waals surface area contributed by atoms with Crippen LogP contribution in [0.15, 0.2) is 42.6 Å². The quantitative estimate of drug-likeness (QED) is 0.259. The number of benzene rings is 2. The molecule has 0 atom stereocenters. The SMILES string of the molecule is COc1cc2c(Oc3ccc(NC(=O)NCCC(C)(C)C)c(Cl)c3)ccnc2cc1OCCCN1CCOCC1. The maximum absolute atomic E-state index is 12.3. The van der Waals surface area contributed by atoms with Gasteiger partial charge in [-0.05, 0) is 42.5 Å². The number of amides is 2. The van der Waals surface area contributed by atoms with E-state index in [1.807, 2.05) is 12.1 Å². The summed E-state index contributed by atoms with van der Waals surface area (Å²) in [5, 5.41) is 6.79. The van der Waals surface area contributed by atoms with Gasteiger partial charge in [0.15, 0.2) is 11.5 Å². The second-order valence-electron chi connectivity index (χ2n) is 10.9. The molecule has 0 unspecified atom stereocenters. The highest BCUT2D eigenvalue weighted by Gasteiger charge is 2.15. The molecule has 1 aliphatic rings. The number of ether oxygens (including phenoxy) is 4. The third-order valence-corrected chi connectivity index (χ3v) is 6.86. The van der Waals surface area contributed by atoms with Crippen LogP contribution in [0.25, 0.3) is 10.9 Å². The molecule has 4 rings (SSSR count). The molecule has 1 aliphatic heterocycles. The Labute approximate surface area is 241 Å². The second-order valence-corrected chi connectivity index (χ2v) is 11.3. The number of aromatic nitrogens is 1. The van der Waals surface area contributed by atoms with Crippen LogP contribution in [0, 0.1) is 5.41 Å². The minimum Gasteiger partial charge on any atom is -0.493 e. The van der Waals surface area contributed by atoms with E-state index in [0.29, 0.717) is 46.9 Å². The average Bonchev–Trinajstić information content (AvgIpc) is 2.92. The van der Waals surface area contributed by atoms with E-state index in [-0.39, 0.29) is 11.4 Å². The molecule has 1 saturated heterocycles. The van der Waals surface area contributed by atoms with Crippen molar-refractivity contribution in [2.75, 3.05) is 58.4 Å². The molecule has 216 valence electrons. The van der Waals surface area contributed by atoms with Crippen molar-refractivity contribution < 1.29 is 23.7 Å². The number of anilines is 1. The molecule has 10 heteroatoms. The van der Waals surface area contributed by atoms with Crippen LogP contribution < -0.4 is 24.8 Å². The monoisotopic (exact) mass is 570 g/mol. The minimum atomic E-state index is -0.300. The maximum Gasteiger partial charge on any atom is 0.319 e. The van der Waals surface area contributed by atoms with Gasteiger partial charge in [0.1, 0.15) is 11.5 Å². The summed E-state index contributed by atoms with van der Waals surface area (Å²) in [7, 11) is 1.61. The number of carbonyl (C=O) groups is 1. The summed E-state index contributed by atoms with van der Waals surface area (Å²) in [5.41, 5.74) is 1.36. The molecule has 0 spiro atoms. The van der Waals surface area contributed by atoms with Gasteiger partial charge in [-0.2, -0.15) is 0 Å². The number of hydrogen-bond donors (Lipinski definition) is 2. The standard InChI is InChI=1S/C30H39ClN4O5/c1-30(2,3)9-11-33-29(36)34-24-7-6-21(18-23(24)31)40-26-8-10-32-25-20-28(27(37-4)19-22(25)26)39-15-5-12-35-13-16-38-17-14-35/h6-8,10,18-20H,5,9,11-17H2,1-4H3,(H2,33,34,36). The molecule has 3 aromatic rings. The van der Waals surface area contributed by atoms with E-state index < -0.39 is 0 Å². The van der Waals surface area contributed by atoms with Crippen molar-refractivity contribution >= 4 is 34.2 Å². The highest BCUT2D eigenvalue weighted by molar-refractivity contribution is 6.33. The number of carbonyl (C=O) groups excluding carboxylic acids is 1. The summed E-state index contributed by atoms with van der Waals surface area (Å²) < 4.78 is 23.3. The van der Waals surface area contributed by atoms with Crippen molar-refractivity contribution in [2.24, 2.45) is 5.41 Å². The highest BCUT2D eigenvalue weighted by atomic mass is 35.5. The largest absolute Gasteiger partial charge is 0.493 e. The fourth-order valence-corrected chi connectivity index (χ4v) is 4.51.